The van der Waals surface area contributed by atoms with Crippen molar-refractivity contribution >= 4 is 12.2 Å². The van der Waals surface area contributed by atoms with Gasteiger partial charge in [-0.25, -0.2) is 0 Å². The number of hydrogen-bond acceptors (Lipinski definition) is 4. The predicted molar refractivity (Wildman–Crippen MR) is 70.1 cm³/mol. The van der Waals surface area contributed by atoms with Gasteiger partial charge >= 0.3 is 0 Å². The Hall–Kier alpha value is -2.04. The number of nitrogens with zero attached hydrogens (tertiary/aromatic N) is 1. The van der Waals surface area contributed by atoms with Crippen LogP contribution in [0.5, 0.6) is 11.5 Å². The van der Waals surface area contributed by atoms with E-state index in [1.807, 2.05) is 0 Å². The maximum Gasteiger partial charge on any atom is 0.258 e. The topological polar surface area (TPSA) is 55.8 Å². The van der Waals surface area contributed by atoms with Gasteiger partial charge in [0.05, 0.1) is 19.8 Å². The third-order valence-electron chi connectivity index (χ3n) is 3.31. The number of rotatable bonds is 4. The van der Waals surface area contributed by atoms with E-state index >= 15 is 0 Å². The van der Waals surface area contributed by atoms with E-state index in [0.717, 1.165) is 25.9 Å². The minimum absolute atomic E-state index is 0.171. The third-order valence-corrected chi connectivity index (χ3v) is 3.31. The molecule has 1 heterocycles. The first kappa shape index (κ1) is 13.4. The average Bonchev–Trinajstić information content (AvgIpc) is 2.98. The molecule has 102 valence electrons. The third kappa shape index (κ3) is 2.41. The number of likely N-dealkylation sites (tertiary alicyclic amines) is 1. The molecule has 5 heteroatoms. The van der Waals surface area contributed by atoms with Crippen LogP contribution >= 0.6 is 0 Å². The molecule has 5 nitrogen and oxygen atoms in total. The van der Waals surface area contributed by atoms with Crippen LogP contribution in [0.2, 0.25) is 0 Å². The molecule has 0 unspecified atom stereocenters. The lowest BCUT2D eigenvalue weighted by Crippen LogP contribution is -2.29. The van der Waals surface area contributed by atoms with Crippen LogP contribution in [0.15, 0.2) is 12.1 Å². The largest absolute Gasteiger partial charge is 0.493 e. The van der Waals surface area contributed by atoms with Crippen molar-refractivity contribution in [3.05, 3.63) is 23.3 Å². The molecule has 1 aliphatic rings. The van der Waals surface area contributed by atoms with Gasteiger partial charge < -0.3 is 14.4 Å². The molecule has 1 amide bonds. The minimum Gasteiger partial charge on any atom is -0.493 e. The van der Waals surface area contributed by atoms with E-state index in [4.69, 9.17) is 9.47 Å². The Morgan fingerprint density at radius 3 is 2.42 bits per heavy atom. The van der Waals surface area contributed by atoms with Crippen molar-refractivity contribution in [3.8, 4) is 11.5 Å². The van der Waals surface area contributed by atoms with E-state index in [-0.39, 0.29) is 5.91 Å². The fourth-order valence-electron chi connectivity index (χ4n) is 2.34. The maximum atomic E-state index is 12.5. The number of amides is 1. The quantitative estimate of drug-likeness (QED) is 0.777. The van der Waals surface area contributed by atoms with Crippen molar-refractivity contribution < 1.29 is 19.1 Å². The second-order valence-corrected chi connectivity index (χ2v) is 4.38. The van der Waals surface area contributed by atoms with Gasteiger partial charge in [-0.15, -0.1) is 0 Å². The van der Waals surface area contributed by atoms with Gasteiger partial charge in [0.15, 0.2) is 17.8 Å². The maximum absolute atomic E-state index is 12.5. The summed E-state index contributed by atoms with van der Waals surface area (Å²) in [6.07, 6.45) is 2.66. The van der Waals surface area contributed by atoms with Gasteiger partial charge in [-0.3, -0.25) is 9.59 Å². The van der Waals surface area contributed by atoms with Crippen molar-refractivity contribution in [3.63, 3.8) is 0 Å². The summed E-state index contributed by atoms with van der Waals surface area (Å²) in [5, 5.41) is 0. The Labute approximate surface area is 112 Å². The molecule has 19 heavy (non-hydrogen) atoms. The van der Waals surface area contributed by atoms with Gasteiger partial charge in [0.1, 0.15) is 0 Å². The van der Waals surface area contributed by atoms with Crippen molar-refractivity contribution in [2.24, 2.45) is 0 Å². The first-order valence-electron chi connectivity index (χ1n) is 6.22. The van der Waals surface area contributed by atoms with E-state index in [2.05, 4.69) is 0 Å². The molecule has 0 aromatic heterocycles. The summed E-state index contributed by atoms with van der Waals surface area (Å²) in [5.41, 5.74) is 0.619. The molecule has 2 rings (SSSR count). The first-order valence-corrected chi connectivity index (χ1v) is 6.22. The molecule has 0 N–H and O–H groups in total. The first-order chi connectivity index (χ1) is 9.22. The zero-order chi connectivity index (χ0) is 13.8. The average molecular weight is 263 g/mol. The summed E-state index contributed by atoms with van der Waals surface area (Å²) in [4.78, 5) is 25.4. The predicted octanol–water partition coefficient (Wildman–Crippen LogP) is 1.75. The standard InChI is InChI=1S/C14H17NO4/c1-18-11-6-5-10(9-16)12(13(11)19-2)14(17)15-7-3-4-8-15/h5-6,9H,3-4,7-8H2,1-2H3. The Balaban J connectivity index is 2.51. The highest BCUT2D eigenvalue weighted by Crippen LogP contribution is 2.34. The lowest BCUT2D eigenvalue weighted by molar-refractivity contribution is 0.0785. The van der Waals surface area contributed by atoms with E-state index in [1.165, 1.54) is 14.2 Å². The highest BCUT2D eigenvalue weighted by Gasteiger charge is 2.27. The monoisotopic (exact) mass is 263 g/mol. The smallest absolute Gasteiger partial charge is 0.258 e. The molecule has 1 aromatic carbocycles. The molecule has 1 aromatic rings. The minimum atomic E-state index is -0.171. The van der Waals surface area contributed by atoms with Gasteiger partial charge in [0.25, 0.3) is 5.91 Å². The summed E-state index contributed by atoms with van der Waals surface area (Å²) in [5.74, 6) is 0.606. The SMILES string of the molecule is COc1ccc(C=O)c(C(=O)N2CCCC2)c1OC. The van der Waals surface area contributed by atoms with Gasteiger partial charge in [-0.1, -0.05) is 0 Å². The molecule has 0 atom stereocenters. The normalized spacial score (nSPS) is 14.3. The summed E-state index contributed by atoms with van der Waals surface area (Å²) in [7, 11) is 2.97. The molecule has 1 fully saturated rings. The molecule has 0 saturated carbocycles. The molecular weight excluding hydrogens is 246 g/mol. The number of carbonyl (C=O) groups excluding carboxylic acids is 2. The summed E-state index contributed by atoms with van der Waals surface area (Å²) < 4.78 is 10.4. The van der Waals surface area contributed by atoms with Crippen LogP contribution in [0.4, 0.5) is 0 Å². The summed E-state index contributed by atoms with van der Waals surface area (Å²) >= 11 is 0. The molecule has 0 bridgehead atoms. The van der Waals surface area contributed by atoms with Crippen molar-refractivity contribution in [2.75, 3.05) is 27.3 Å². The van der Waals surface area contributed by atoms with E-state index < -0.39 is 0 Å². The van der Waals surface area contributed by atoms with Gasteiger partial charge in [-0.05, 0) is 25.0 Å². The van der Waals surface area contributed by atoms with E-state index in [0.29, 0.717) is 28.9 Å². The number of carbonyl (C=O) groups is 2. The van der Waals surface area contributed by atoms with Crippen LogP contribution in [0.3, 0.4) is 0 Å². The number of ether oxygens (including phenoxy) is 2. The van der Waals surface area contributed by atoms with Crippen molar-refractivity contribution in [1.29, 1.82) is 0 Å². The zero-order valence-electron chi connectivity index (χ0n) is 11.1. The van der Waals surface area contributed by atoms with Gasteiger partial charge in [0, 0.05) is 18.7 Å². The molecule has 0 spiro atoms. The fraction of sp³-hybridized carbons (Fsp3) is 0.429. The molecule has 0 radical (unpaired) electrons. The van der Waals surface area contributed by atoms with Crippen LogP contribution < -0.4 is 9.47 Å². The molecule has 1 aliphatic heterocycles. The van der Waals surface area contributed by atoms with Crippen LogP contribution in [0, 0.1) is 0 Å². The Bertz CT molecular complexity index is 492. The van der Waals surface area contributed by atoms with E-state index in [9.17, 15) is 9.59 Å². The summed E-state index contributed by atoms with van der Waals surface area (Å²) in [6.45, 7) is 1.44. The second-order valence-electron chi connectivity index (χ2n) is 4.38. The highest BCUT2D eigenvalue weighted by atomic mass is 16.5. The molecule has 0 aliphatic carbocycles. The summed E-state index contributed by atoms with van der Waals surface area (Å²) in [6, 6.07) is 3.21. The molecule has 1 saturated heterocycles. The van der Waals surface area contributed by atoms with Gasteiger partial charge in [-0.2, -0.15) is 0 Å². The Morgan fingerprint density at radius 2 is 1.89 bits per heavy atom. The lowest BCUT2D eigenvalue weighted by Gasteiger charge is -2.19. The van der Waals surface area contributed by atoms with E-state index in [1.54, 1.807) is 17.0 Å². The lowest BCUT2D eigenvalue weighted by atomic mass is 10.1. The highest BCUT2D eigenvalue weighted by molar-refractivity contribution is 6.04. The second kappa shape index (κ2) is 5.73. The van der Waals surface area contributed by atoms with Crippen LogP contribution in [-0.2, 0) is 0 Å². The number of benzene rings is 1. The number of aldehydes is 1. The molecular formula is C14H17NO4. The fourth-order valence-corrected chi connectivity index (χ4v) is 2.34. The van der Waals surface area contributed by atoms with Crippen LogP contribution in [0.25, 0.3) is 0 Å². The Morgan fingerprint density at radius 1 is 1.21 bits per heavy atom. The van der Waals surface area contributed by atoms with Crippen LogP contribution in [0.1, 0.15) is 33.6 Å². The number of methoxy groups -OCH3 is 2. The van der Waals surface area contributed by atoms with Crippen molar-refractivity contribution in [1.82, 2.24) is 4.90 Å². The number of hydrogen-bond donors (Lipinski definition) is 0. The van der Waals surface area contributed by atoms with Gasteiger partial charge in [0.2, 0.25) is 0 Å². The van der Waals surface area contributed by atoms with Crippen LogP contribution in [-0.4, -0.2) is 44.4 Å². The van der Waals surface area contributed by atoms with Crippen molar-refractivity contribution in [2.45, 2.75) is 12.8 Å². The Kier molecular flexibility index (Phi) is 4.04. The zero-order valence-corrected chi connectivity index (χ0v) is 11.1.